The zero-order chi connectivity index (χ0) is 24.6. The zero-order valence-electron chi connectivity index (χ0n) is 19.0. The average Bonchev–Trinajstić information content (AvgIpc) is 3.29. The topological polar surface area (TPSA) is 127 Å². The molecule has 0 unspecified atom stereocenters. The van der Waals surface area contributed by atoms with Gasteiger partial charge >= 0.3 is 0 Å². The molecule has 0 amide bonds. The second-order valence-corrected chi connectivity index (χ2v) is 9.65. The zero-order valence-corrected chi connectivity index (χ0v) is 20.7. The third kappa shape index (κ3) is 6.46. The lowest BCUT2D eigenvalue weighted by Gasteiger charge is -2.22. The van der Waals surface area contributed by atoms with Crippen molar-refractivity contribution >= 4 is 43.7 Å². The molecule has 0 aliphatic rings. The smallest absolute Gasteiger partial charge is 0.261 e. The third-order valence-electron chi connectivity index (χ3n) is 4.94. The highest BCUT2D eigenvalue weighted by Gasteiger charge is 2.16. The van der Waals surface area contributed by atoms with Crippen LogP contribution in [0.2, 0.25) is 0 Å². The normalized spacial score (nSPS) is 10.8. The van der Waals surface area contributed by atoms with Crippen LogP contribution < -0.4 is 21.1 Å². The monoisotopic (exact) mass is 496 g/mol. The number of nitrogen functional groups attached to an aromatic ring is 2. The lowest BCUT2D eigenvalue weighted by molar-refractivity contribution is 0.601. The molecule has 0 saturated carbocycles. The number of nitrogens with one attached hydrogen (secondary N) is 1. The molecule has 0 radical (unpaired) electrons. The van der Waals surface area contributed by atoms with E-state index >= 15 is 0 Å². The fraction of sp³-hybridized carbons (Fsp3) is 0.167. The summed E-state index contributed by atoms with van der Waals surface area (Å²) in [5.74, 6) is 0.707. The van der Waals surface area contributed by atoms with Crippen LogP contribution in [0.25, 0.3) is 11.4 Å². The molecule has 0 bridgehead atoms. The van der Waals surface area contributed by atoms with E-state index in [9.17, 15) is 8.42 Å². The second-order valence-electron chi connectivity index (χ2n) is 7.18. The van der Waals surface area contributed by atoms with Gasteiger partial charge in [0.05, 0.1) is 16.3 Å². The molecule has 0 aliphatic heterocycles. The van der Waals surface area contributed by atoms with E-state index < -0.39 is 10.0 Å². The minimum atomic E-state index is -3.64. The summed E-state index contributed by atoms with van der Waals surface area (Å²) in [5.41, 5.74) is 14.1. The standard InChI is InChI=1S/C16H21N3O2S.C8H7N3S/c1-3-19(4-2)13-10-11-15(17)16(12-13)18-22(20,21)14-8-6-5-7-9-14;9-8-10-7(11-12-8)6-4-2-1-3-5-6/h5-12,18H,3-4,17H2,1-2H3;1-5H,(H2,9,10,11). The summed E-state index contributed by atoms with van der Waals surface area (Å²) in [7, 11) is -3.64. The Kier molecular flexibility index (Phi) is 8.44. The van der Waals surface area contributed by atoms with Crippen molar-refractivity contribution in [2.75, 3.05) is 34.2 Å². The van der Waals surface area contributed by atoms with Gasteiger partial charge in [0.2, 0.25) is 0 Å². The predicted octanol–water partition coefficient (Wildman–Crippen LogP) is 4.70. The van der Waals surface area contributed by atoms with E-state index in [1.54, 1.807) is 42.5 Å². The SMILES string of the molecule is CCN(CC)c1ccc(N)c(NS(=O)(=O)c2ccccc2)c1.Nc1nc(-c2ccccc2)ns1. The Morgan fingerprint density at radius 3 is 2.09 bits per heavy atom. The summed E-state index contributed by atoms with van der Waals surface area (Å²) in [6.45, 7) is 5.78. The summed E-state index contributed by atoms with van der Waals surface area (Å²) in [4.78, 5) is 6.40. The third-order valence-corrected chi connectivity index (χ3v) is 6.86. The van der Waals surface area contributed by atoms with Gasteiger partial charge in [-0.05, 0) is 44.2 Å². The summed E-state index contributed by atoms with van der Waals surface area (Å²) >= 11 is 1.22. The van der Waals surface area contributed by atoms with Crippen LogP contribution in [0.1, 0.15) is 13.8 Å². The van der Waals surface area contributed by atoms with E-state index in [0.717, 1.165) is 24.3 Å². The minimum absolute atomic E-state index is 0.211. The van der Waals surface area contributed by atoms with Crippen molar-refractivity contribution in [1.29, 1.82) is 0 Å². The molecular formula is C24H28N6O2S2. The van der Waals surface area contributed by atoms with Crippen molar-refractivity contribution in [2.45, 2.75) is 18.7 Å². The number of hydrogen-bond acceptors (Lipinski definition) is 8. The number of nitrogens with zero attached hydrogens (tertiary/aromatic N) is 3. The molecule has 5 N–H and O–H groups in total. The van der Waals surface area contributed by atoms with Crippen molar-refractivity contribution in [3.63, 3.8) is 0 Å². The molecule has 0 saturated heterocycles. The highest BCUT2D eigenvalue weighted by atomic mass is 32.2. The molecule has 1 aromatic heterocycles. The number of nitrogens with two attached hydrogens (primary N) is 2. The van der Waals surface area contributed by atoms with Gasteiger partial charge in [0.25, 0.3) is 10.0 Å². The Labute approximate surface area is 204 Å². The molecule has 4 aromatic rings. The first kappa shape index (κ1) is 25.0. The maximum Gasteiger partial charge on any atom is 0.261 e. The Morgan fingerprint density at radius 1 is 0.912 bits per heavy atom. The van der Waals surface area contributed by atoms with Crippen molar-refractivity contribution in [2.24, 2.45) is 0 Å². The van der Waals surface area contributed by atoms with Crippen LogP contribution in [0, 0.1) is 0 Å². The summed E-state index contributed by atoms with van der Waals surface area (Å²) in [6.07, 6.45) is 0. The Morgan fingerprint density at radius 2 is 1.53 bits per heavy atom. The molecule has 0 fully saturated rings. The van der Waals surface area contributed by atoms with Gasteiger partial charge in [0, 0.05) is 35.9 Å². The molecule has 4 rings (SSSR count). The van der Waals surface area contributed by atoms with Crippen LogP contribution in [0.4, 0.5) is 22.2 Å². The fourth-order valence-electron chi connectivity index (χ4n) is 3.16. The van der Waals surface area contributed by atoms with Gasteiger partial charge in [0.15, 0.2) is 11.0 Å². The van der Waals surface area contributed by atoms with E-state index in [1.807, 2.05) is 50.2 Å². The maximum atomic E-state index is 12.4. The van der Waals surface area contributed by atoms with Crippen LogP contribution in [-0.4, -0.2) is 30.9 Å². The average molecular weight is 497 g/mol. The highest BCUT2D eigenvalue weighted by molar-refractivity contribution is 7.92. The minimum Gasteiger partial charge on any atom is -0.397 e. The van der Waals surface area contributed by atoms with Crippen molar-refractivity contribution in [3.8, 4) is 11.4 Å². The van der Waals surface area contributed by atoms with Crippen LogP contribution in [0.3, 0.4) is 0 Å². The van der Waals surface area contributed by atoms with Crippen LogP contribution in [-0.2, 0) is 10.0 Å². The number of sulfonamides is 1. The van der Waals surface area contributed by atoms with Gasteiger partial charge in [0.1, 0.15) is 0 Å². The van der Waals surface area contributed by atoms with E-state index in [2.05, 4.69) is 19.0 Å². The lowest BCUT2D eigenvalue weighted by Crippen LogP contribution is -2.22. The molecular weight excluding hydrogens is 468 g/mol. The largest absolute Gasteiger partial charge is 0.397 e. The van der Waals surface area contributed by atoms with E-state index in [4.69, 9.17) is 11.5 Å². The highest BCUT2D eigenvalue weighted by Crippen LogP contribution is 2.27. The van der Waals surface area contributed by atoms with Crippen molar-refractivity contribution < 1.29 is 8.42 Å². The first-order valence-electron chi connectivity index (χ1n) is 10.7. The number of benzene rings is 3. The van der Waals surface area contributed by atoms with Gasteiger partial charge in [-0.25, -0.2) is 8.42 Å². The molecule has 0 spiro atoms. The van der Waals surface area contributed by atoms with Gasteiger partial charge in [-0.2, -0.15) is 9.36 Å². The predicted molar refractivity (Wildman–Crippen MR) is 141 cm³/mol. The lowest BCUT2D eigenvalue weighted by atomic mass is 10.2. The maximum absolute atomic E-state index is 12.4. The molecule has 34 heavy (non-hydrogen) atoms. The molecule has 3 aromatic carbocycles. The molecule has 178 valence electrons. The van der Waals surface area contributed by atoms with Crippen LogP contribution >= 0.6 is 11.5 Å². The molecule has 10 heteroatoms. The quantitative estimate of drug-likeness (QED) is 0.316. The first-order chi connectivity index (χ1) is 16.3. The summed E-state index contributed by atoms with van der Waals surface area (Å²) in [5, 5.41) is 0.508. The van der Waals surface area contributed by atoms with Crippen LogP contribution in [0.5, 0.6) is 0 Å². The van der Waals surface area contributed by atoms with Crippen molar-refractivity contribution in [1.82, 2.24) is 9.36 Å². The first-order valence-corrected chi connectivity index (χ1v) is 13.0. The van der Waals surface area contributed by atoms with Gasteiger partial charge in [-0.15, -0.1) is 0 Å². The Hall–Kier alpha value is -3.63. The van der Waals surface area contributed by atoms with Gasteiger partial charge in [-0.3, -0.25) is 4.72 Å². The molecule has 0 atom stereocenters. The van der Waals surface area contributed by atoms with Crippen molar-refractivity contribution in [3.05, 3.63) is 78.9 Å². The Balaban J connectivity index is 0.000000226. The number of anilines is 4. The van der Waals surface area contributed by atoms with E-state index in [0.29, 0.717) is 22.3 Å². The van der Waals surface area contributed by atoms with Gasteiger partial charge in [-0.1, -0.05) is 48.5 Å². The van der Waals surface area contributed by atoms with E-state index in [1.165, 1.54) is 11.5 Å². The van der Waals surface area contributed by atoms with Crippen LogP contribution in [0.15, 0.2) is 83.8 Å². The number of aromatic nitrogens is 2. The molecule has 8 nitrogen and oxygen atoms in total. The molecule has 1 heterocycles. The summed E-state index contributed by atoms with van der Waals surface area (Å²) in [6, 6.07) is 23.4. The number of rotatable bonds is 7. The Bertz CT molecular complexity index is 1290. The second kappa shape index (κ2) is 11.5. The van der Waals surface area contributed by atoms with Gasteiger partial charge < -0.3 is 16.4 Å². The summed E-state index contributed by atoms with van der Waals surface area (Å²) < 4.78 is 31.4. The number of hydrogen-bond donors (Lipinski definition) is 3. The van der Waals surface area contributed by atoms with E-state index in [-0.39, 0.29) is 4.90 Å². The fourth-order valence-corrected chi connectivity index (χ4v) is 4.71. The molecule has 0 aliphatic carbocycles.